The highest BCUT2D eigenvalue weighted by Crippen LogP contribution is 2.07. The highest BCUT2D eigenvalue weighted by Gasteiger charge is 2.03. The minimum absolute atomic E-state index is 0.509. The summed E-state index contributed by atoms with van der Waals surface area (Å²) in [7, 11) is 0. The fraction of sp³-hybridized carbons (Fsp3) is 0.700. The zero-order valence-electron chi connectivity index (χ0n) is 8.50. The first-order chi connectivity index (χ1) is 6.08. The average Bonchev–Trinajstić information content (AvgIpc) is 2.33. The summed E-state index contributed by atoms with van der Waals surface area (Å²) in [5, 5.41) is 4.48. The number of hydrogen-bond acceptors (Lipinski definition) is 1. The van der Waals surface area contributed by atoms with Crippen LogP contribution in [-0.4, -0.2) is 14.6 Å². The molecule has 1 rings (SSSR count). The average molecular weight is 245 g/mol. The lowest BCUT2D eigenvalue weighted by Crippen LogP contribution is -2.06. The van der Waals surface area contributed by atoms with Crippen molar-refractivity contribution in [2.24, 2.45) is 5.92 Å². The molecule has 0 aliphatic rings. The number of alkyl halides is 1. The largest absolute Gasteiger partial charge is 0.272 e. The van der Waals surface area contributed by atoms with Gasteiger partial charge >= 0.3 is 0 Å². The van der Waals surface area contributed by atoms with Crippen molar-refractivity contribution in [2.75, 3.05) is 0 Å². The Labute approximate surface area is 88.5 Å². The van der Waals surface area contributed by atoms with E-state index in [9.17, 15) is 0 Å². The Bertz CT molecular complexity index is 229. The molecule has 0 amide bonds. The van der Waals surface area contributed by atoms with Gasteiger partial charge in [-0.25, -0.2) is 0 Å². The van der Waals surface area contributed by atoms with Gasteiger partial charge in [0.1, 0.15) is 0 Å². The Hall–Kier alpha value is -0.310. The van der Waals surface area contributed by atoms with E-state index >= 15 is 0 Å². The highest BCUT2D eigenvalue weighted by molar-refractivity contribution is 9.09. The van der Waals surface area contributed by atoms with Gasteiger partial charge in [-0.15, -0.1) is 0 Å². The predicted octanol–water partition coefficient (Wildman–Crippen LogP) is 2.87. The second kappa shape index (κ2) is 4.80. The molecule has 74 valence electrons. The summed E-state index contributed by atoms with van der Waals surface area (Å²) < 4.78 is 2.02. The van der Waals surface area contributed by atoms with Gasteiger partial charge in [0, 0.05) is 24.0 Å². The van der Waals surface area contributed by atoms with Crippen molar-refractivity contribution < 1.29 is 0 Å². The van der Waals surface area contributed by atoms with Crippen LogP contribution in [0.25, 0.3) is 0 Å². The number of hydrogen-bond donors (Lipinski definition) is 0. The van der Waals surface area contributed by atoms with E-state index in [-0.39, 0.29) is 0 Å². The van der Waals surface area contributed by atoms with Crippen LogP contribution in [0.5, 0.6) is 0 Å². The quantitative estimate of drug-likeness (QED) is 0.746. The molecule has 0 saturated heterocycles. The smallest absolute Gasteiger partial charge is 0.0635 e. The van der Waals surface area contributed by atoms with Gasteiger partial charge in [0.2, 0.25) is 0 Å². The number of nitrogens with zero attached hydrogens (tertiary/aromatic N) is 2. The van der Waals surface area contributed by atoms with Gasteiger partial charge in [0.25, 0.3) is 0 Å². The second-order valence-electron chi connectivity index (χ2n) is 3.91. The molecule has 0 saturated carbocycles. The van der Waals surface area contributed by atoms with E-state index in [0.29, 0.717) is 10.7 Å². The summed E-state index contributed by atoms with van der Waals surface area (Å²) in [5.41, 5.74) is 1.17. The summed E-state index contributed by atoms with van der Waals surface area (Å²) in [5.74, 6) is 0.661. The third-order valence-electron chi connectivity index (χ3n) is 1.74. The molecule has 13 heavy (non-hydrogen) atoms. The minimum Gasteiger partial charge on any atom is -0.272 e. The first kappa shape index (κ1) is 10.8. The van der Waals surface area contributed by atoms with Crippen LogP contribution in [0.3, 0.4) is 0 Å². The van der Waals surface area contributed by atoms with Gasteiger partial charge in [-0.1, -0.05) is 36.7 Å². The normalized spacial score (nSPS) is 13.6. The molecule has 0 aliphatic heterocycles. The standard InChI is InChI=1S/C10H17BrN2/c1-8(2)7-13-5-4-10(12-13)6-9(3)11/h4-5,8-9H,6-7H2,1-3H3. The van der Waals surface area contributed by atoms with Crippen LogP contribution in [-0.2, 0) is 13.0 Å². The zero-order chi connectivity index (χ0) is 9.84. The summed E-state index contributed by atoms with van der Waals surface area (Å²) in [6, 6.07) is 2.10. The monoisotopic (exact) mass is 244 g/mol. The zero-order valence-corrected chi connectivity index (χ0v) is 10.1. The molecule has 0 bridgehead atoms. The Morgan fingerprint density at radius 1 is 1.46 bits per heavy atom. The van der Waals surface area contributed by atoms with E-state index in [1.54, 1.807) is 0 Å². The summed E-state index contributed by atoms with van der Waals surface area (Å²) in [4.78, 5) is 0.509. The van der Waals surface area contributed by atoms with Crippen molar-refractivity contribution in [3.8, 4) is 0 Å². The van der Waals surface area contributed by atoms with Crippen LogP contribution >= 0.6 is 15.9 Å². The van der Waals surface area contributed by atoms with Crippen LogP contribution in [0.4, 0.5) is 0 Å². The summed E-state index contributed by atoms with van der Waals surface area (Å²) in [6.07, 6.45) is 3.07. The van der Waals surface area contributed by atoms with Crippen molar-refractivity contribution in [2.45, 2.75) is 38.6 Å². The molecule has 0 aliphatic carbocycles. The van der Waals surface area contributed by atoms with E-state index in [2.05, 4.69) is 54.1 Å². The molecule has 2 nitrogen and oxygen atoms in total. The minimum atomic E-state index is 0.509. The Balaban J connectivity index is 2.53. The third kappa shape index (κ3) is 3.94. The molecule has 0 spiro atoms. The fourth-order valence-corrected chi connectivity index (χ4v) is 1.61. The van der Waals surface area contributed by atoms with E-state index in [4.69, 9.17) is 0 Å². The molecule has 0 fully saturated rings. The predicted molar refractivity (Wildman–Crippen MR) is 59.2 cm³/mol. The lowest BCUT2D eigenvalue weighted by atomic mass is 10.2. The van der Waals surface area contributed by atoms with Gasteiger partial charge in [-0.3, -0.25) is 4.68 Å². The Morgan fingerprint density at radius 3 is 2.69 bits per heavy atom. The number of rotatable bonds is 4. The lowest BCUT2D eigenvalue weighted by molar-refractivity contribution is 0.479. The third-order valence-corrected chi connectivity index (χ3v) is 2.06. The second-order valence-corrected chi connectivity index (χ2v) is 5.47. The first-order valence-electron chi connectivity index (χ1n) is 4.74. The van der Waals surface area contributed by atoms with Gasteiger partial charge in [-0.2, -0.15) is 5.10 Å². The molecule has 3 heteroatoms. The van der Waals surface area contributed by atoms with Gasteiger partial charge < -0.3 is 0 Å². The van der Waals surface area contributed by atoms with Crippen LogP contribution in [0, 0.1) is 5.92 Å². The molecule has 1 atom stereocenters. The molecule has 0 radical (unpaired) electrons. The Kier molecular flexibility index (Phi) is 3.97. The van der Waals surface area contributed by atoms with Crippen molar-refractivity contribution in [1.29, 1.82) is 0 Å². The maximum Gasteiger partial charge on any atom is 0.0635 e. The molecule has 1 aromatic rings. The van der Waals surface area contributed by atoms with Crippen molar-refractivity contribution >= 4 is 15.9 Å². The maximum atomic E-state index is 4.48. The summed E-state index contributed by atoms with van der Waals surface area (Å²) in [6.45, 7) is 7.56. The molecule has 0 aromatic carbocycles. The molecular formula is C10H17BrN2. The van der Waals surface area contributed by atoms with Crippen LogP contribution in [0.15, 0.2) is 12.3 Å². The Morgan fingerprint density at radius 2 is 2.15 bits per heavy atom. The van der Waals surface area contributed by atoms with Gasteiger partial charge in [0.15, 0.2) is 0 Å². The van der Waals surface area contributed by atoms with Crippen LogP contribution < -0.4 is 0 Å². The van der Waals surface area contributed by atoms with Gasteiger partial charge in [-0.05, 0) is 12.0 Å². The van der Waals surface area contributed by atoms with Crippen molar-refractivity contribution in [3.05, 3.63) is 18.0 Å². The highest BCUT2D eigenvalue weighted by atomic mass is 79.9. The van der Waals surface area contributed by atoms with Gasteiger partial charge in [0.05, 0.1) is 5.69 Å². The van der Waals surface area contributed by atoms with E-state index < -0.39 is 0 Å². The SMILES string of the molecule is CC(C)Cn1ccc(CC(C)Br)n1. The van der Waals surface area contributed by atoms with E-state index in [0.717, 1.165) is 13.0 Å². The van der Waals surface area contributed by atoms with E-state index in [1.165, 1.54) is 5.69 Å². The molecule has 0 N–H and O–H groups in total. The van der Waals surface area contributed by atoms with Crippen LogP contribution in [0.1, 0.15) is 26.5 Å². The summed E-state index contributed by atoms with van der Waals surface area (Å²) >= 11 is 3.52. The molecule has 1 heterocycles. The number of aromatic nitrogens is 2. The van der Waals surface area contributed by atoms with Crippen molar-refractivity contribution in [1.82, 2.24) is 9.78 Å². The van der Waals surface area contributed by atoms with E-state index in [1.807, 2.05) is 4.68 Å². The molecule has 1 unspecified atom stereocenters. The molecular weight excluding hydrogens is 228 g/mol. The topological polar surface area (TPSA) is 17.8 Å². The maximum absolute atomic E-state index is 4.48. The van der Waals surface area contributed by atoms with Crippen LogP contribution in [0.2, 0.25) is 0 Å². The number of halogens is 1. The lowest BCUT2D eigenvalue weighted by Gasteiger charge is -2.04. The fourth-order valence-electron chi connectivity index (χ4n) is 1.28. The molecule has 1 aromatic heterocycles. The van der Waals surface area contributed by atoms with Crippen molar-refractivity contribution in [3.63, 3.8) is 0 Å². The first-order valence-corrected chi connectivity index (χ1v) is 5.66.